The molecule has 0 aliphatic carbocycles. The molecule has 0 amide bonds. The molecule has 0 fully saturated rings. The minimum absolute atomic E-state index is 0.382. The smallest absolute Gasteiger partial charge is 0.141 e. The first-order chi connectivity index (χ1) is 7.79. The fourth-order valence-corrected chi connectivity index (χ4v) is 1.76. The quantitative estimate of drug-likeness (QED) is 0.785. The molecule has 1 aromatic carbocycles. The molecule has 0 saturated carbocycles. The number of para-hydroxylation sites is 1. The standard InChI is InChI=1S/C12H9BrClNO/c13-11-3-1-2-4-12(11)16-10-5-6-15-9(7-10)8-14/h1-7H,8H2. The van der Waals surface area contributed by atoms with E-state index in [0.717, 1.165) is 21.7 Å². The van der Waals surface area contributed by atoms with E-state index in [1.54, 1.807) is 12.3 Å². The van der Waals surface area contributed by atoms with Gasteiger partial charge in [0.15, 0.2) is 0 Å². The zero-order valence-corrected chi connectivity index (χ0v) is 10.7. The van der Waals surface area contributed by atoms with E-state index in [1.165, 1.54) is 0 Å². The van der Waals surface area contributed by atoms with Gasteiger partial charge in [-0.1, -0.05) is 12.1 Å². The molecule has 2 nitrogen and oxygen atoms in total. The molecular weight excluding hydrogens is 289 g/mol. The van der Waals surface area contributed by atoms with Crippen molar-refractivity contribution in [3.8, 4) is 11.5 Å². The number of nitrogens with zero attached hydrogens (tertiary/aromatic N) is 1. The molecule has 16 heavy (non-hydrogen) atoms. The van der Waals surface area contributed by atoms with Gasteiger partial charge < -0.3 is 4.74 Å². The highest BCUT2D eigenvalue weighted by Gasteiger charge is 2.02. The number of benzene rings is 1. The third kappa shape index (κ3) is 2.74. The third-order valence-electron chi connectivity index (χ3n) is 1.99. The minimum atomic E-state index is 0.382. The molecule has 1 aromatic heterocycles. The van der Waals surface area contributed by atoms with E-state index in [9.17, 15) is 0 Å². The summed E-state index contributed by atoms with van der Waals surface area (Å²) in [5, 5.41) is 0. The number of pyridine rings is 1. The van der Waals surface area contributed by atoms with Crippen molar-refractivity contribution in [3.05, 3.63) is 52.8 Å². The zero-order chi connectivity index (χ0) is 11.4. The van der Waals surface area contributed by atoms with Gasteiger partial charge in [0.05, 0.1) is 16.0 Å². The Bertz CT molecular complexity index is 490. The second kappa shape index (κ2) is 5.32. The average molecular weight is 299 g/mol. The molecule has 0 aliphatic rings. The van der Waals surface area contributed by atoms with Crippen LogP contribution in [0, 0.1) is 0 Å². The van der Waals surface area contributed by atoms with Gasteiger partial charge >= 0.3 is 0 Å². The third-order valence-corrected chi connectivity index (χ3v) is 2.92. The Hall–Kier alpha value is -1.06. The largest absolute Gasteiger partial charge is 0.456 e. The van der Waals surface area contributed by atoms with E-state index in [4.69, 9.17) is 16.3 Å². The summed E-state index contributed by atoms with van der Waals surface area (Å²) in [5.41, 5.74) is 0.797. The van der Waals surface area contributed by atoms with E-state index < -0.39 is 0 Å². The van der Waals surface area contributed by atoms with Crippen LogP contribution in [0.4, 0.5) is 0 Å². The molecule has 2 aromatic rings. The summed E-state index contributed by atoms with van der Waals surface area (Å²) in [6.07, 6.45) is 1.68. The van der Waals surface area contributed by atoms with Gasteiger partial charge in [-0.15, -0.1) is 11.6 Å². The van der Waals surface area contributed by atoms with Crippen LogP contribution in [0.15, 0.2) is 47.1 Å². The fourth-order valence-electron chi connectivity index (χ4n) is 1.25. The predicted molar refractivity (Wildman–Crippen MR) is 68.0 cm³/mol. The molecule has 0 aliphatic heterocycles. The van der Waals surface area contributed by atoms with Crippen LogP contribution in [0.2, 0.25) is 0 Å². The van der Waals surface area contributed by atoms with Crippen LogP contribution in [0.1, 0.15) is 5.69 Å². The van der Waals surface area contributed by atoms with Crippen molar-refractivity contribution in [3.63, 3.8) is 0 Å². The van der Waals surface area contributed by atoms with Crippen LogP contribution in [0.3, 0.4) is 0 Å². The lowest BCUT2D eigenvalue weighted by Gasteiger charge is -2.07. The maximum atomic E-state index is 5.71. The van der Waals surface area contributed by atoms with Crippen molar-refractivity contribution in [2.75, 3.05) is 0 Å². The summed E-state index contributed by atoms with van der Waals surface area (Å²) >= 11 is 9.13. The van der Waals surface area contributed by atoms with Crippen molar-refractivity contribution < 1.29 is 4.74 Å². The molecule has 0 N–H and O–H groups in total. The first-order valence-electron chi connectivity index (χ1n) is 4.73. The highest BCUT2D eigenvalue weighted by atomic mass is 79.9. The van der Waals surface area contributed by atoms with Crippen LogP contribution >= 0.6 is 27.5 Å². The van der Waals surface area contributed by atoms with Gasteiger partial charge in [-0.25, -0.2) is 0 Å². The van der Waals surface area contributed by atoms with Gasteiger partial charge in [-0.3, -0.25) is 4.98 Å². The van der Waals surface area contributed by atoms with Gasteiger partial charge in [0.2, 0.25) is 0 Å². The number of hydrogen-bond acceptors (Lipinski definition) is 2. The van der Waals surface area contributed by atoms with Gasteiger partial charge in [-0.05, 0) is 34.1 Å². The number of ether oxygens (including phenoxy) is 1. The van der Waals surface area contributed by atoms with Crippen LogP contribution in [-0.2, 0) is 5.88 Å². The Morgan fingerprint density at radius 2 is 2.06 bits per heavy atom. The Balaban J connectivity index is 2.24. The topological polar surface area (TPSA) is 22.1 Å². The summed E-state index contributed by atoms with van der Waals surface area (Å²) in [6.45, 7) is 0. The Labute approximate surface area is 107 Å². The molecule has 0 spiro atoms. The molecular formula is C12H9BrClNO. The van der Waals surface area contributed by atoms with E-state index in [-0.39, 0.29) is 0 Å². The highest BCUT2D eigenvalue weighted by molar-refractivity contribution is 9.10. The van der Waals surface area contributed by atoms with Crippen molar-refractivity contribution in [2.24, 2.45) is 0 Å². The Morgan fingerprint density at radius 1 is 1.25 bits per heavy atom. The van der Waals surface area contributed by atoms with E-state index >= 15 is 0 Å². The minimum Gasteiger partial charge on any atom is -0.456 e. The second-order valence-corrected chi connectivity index (χ2v) is 4.27. The molecule has 0 saturated heterocycles. The van der Waals surface area contributed by atoms with Crippen molar-refractivity contribution in [1.29, 1.82) is 0 Å². The summed E-state index contributed by atoms with van der Waals surface area (Å²) in [7, 11) is 0. The lowest BCUT2D eigenvalue weighted by atomic mass is 10.3. The molecule has 1 heterocycles. The van der Waals surface area contributed by atoms with Crippen molar-refractivity contribution in [1.82, 2.24) is 4.98 Å². The first-order valence-corrected chi connectivity index (χ1v) is 6.05. The number of aromatic nitrogens is 1. The molecule has 4 heteroatoms. The van der Waals surface area contributed by atoms with Gasteiger partial charge in [0, 0.05) is 12.3 Å². The van der Waals surface area contributed by atoms with Gasteiger partial charge in [0.1, 0.15) is 11.5 Å². The Kier molecular flexibility index (Phi) is 3.80. The summed E-state index contributed by atoms with van der Waals surface area (Å²) in [5.74, 6) is 1.89. The number of hydrogen-bond donors (Lipinski definition) is 0. The summed E-state index contributed by atoms with van der Waals surface area (Å²) < 4.78 is 6.62. The molecule has 2 rings (SSSR count). The van der Waals surface area contributed by atoms with E-state index in [0.29, 0.717) is 5.88 Å². The molecule has 0 bridgehead atoms. The fraction of sp³-hybridized carbons (Fsp3) is 0.0833. The highest BCUT2D eigenvalue weighted by Crippen LogP contribution is 2.29. The van der Waals surface area contributed by atoms with E-state index in [2.05, 4.69) is 20.9 Å². The Morgan fingerprint density at radius 3 is 2.81 bits per heavy atom. The predicted octanol–water partition coefficient (Wildman–Crippen LogP) is 4.38. The summed E-state index contributed by atoms with van der Waals surface area (Å²) in [6, 6.07) is 11.3. The van der Waals surface area contributed by atoms with Gasteiger partial charge in [0.25, 0.3) is 0 Å². The van der Waals surface area contributed by atoms with Gasteiger partial charge in [-0.2, -0.15) is 0 Å². The lowest BCUT2D eigenvalue weighted by Crippen LogP contribution is -1.89. The number of alkyl halides is 1. The first kappa shape index (κ1) is 11.4. The molecule has 0 unspecified atom stereocenters. The van der Waals surface area contributed by atoms with Crippen LogP contribution in [0.5, 0.6) is 11.5 Å². The second-order valence-electron chi connectivity index (χ2n) is 3.15. The molecule has 0 atom stereocenters. The normalized spacial score (nSPS) is 10.1. The maximum Gasteiger partial charge on any atom is 0.141 e. The summed E-state index contributed by atoms with van der Waals surface area (Å²) in [4.78, 5) is 4.10. The van der Waals surface area contributed by atoms with E-state index in [1.807, 2.05) is 30.3 Å². The molecule has 82 valence electrons. The van der Waals surface area contributed by atoms with Crippen LogP contribution < -0.4 is 4.74 Å². The molecule has 0 radical (unpaired) electrons. The zero-order valence-electron chi connectivity index (χ0n) is 8.36. The van der Waals surface area contributed by atoms with Crippen LogP contribution in [-0.4, -0.2) is 4.98 Å². The SMILES string of the molecule is ClCc1cc(Oc2ccccc2Br)ccn1. The number of halogens is 2. The lowest BCUT2D eigenvalue weighted by molar-refractivity contribution is 0.478. The van der Waals surface area contributed by atoms with Crippen molar-refractivity contribution >= 4 is 27.5 Å². The number of rotatable bonds is 3. The van der Waals surface area contributed by atoms with Crippen LogP contribution in [0.25, 0.3) is 0 Å². The monoisotopic (exact) mass is 297 g/mol. The average Bonchev–Trinajstić information content (AvgIpc) is 2.32. The maximum absolute atomic E-state index is 5.71. The van der Waals surface area contributed by atoms with Crippen molar-refractivity contribution in [2.45, 2.75) is 5.88 Å².